The van der Waals surface area contributed by atoms with Crippen molar-refractivity contribution in [1.82, 2.24) is 0 Å². The summed E-state index contributed by atoms with van der Waals surface area (Å²) in [5.74, 6) is 0.903. The van der Waals surface area contributed by atoms with Crippen LogP contribution in [-0.2, 0) is 4.74 Å². The van der Waals surface area contributed by atoms with E-state index in [0.717, 1.165) is 28.3 Å². The summed E-state index contributed by atoms with van der Waals surface area (Å²) in [6.45, 7) is 0. The van der Waals surface area contributed by atoms with Gasteiger partial charge in [-0.3, -0.25) is 0 Å². The topological polar surface area (TPSA) is 18.5 Å². The maximum Gasteiger partial charge on any atom is 0.127 e. The molecule has 2 atom stereocenters. The molecule has 0 fully saturated rings. The Morgan fingerprint density at radius 1 is 1.11 bits per heavy atom. The molecule has 1 aliphatic heterocycles. The fraction of sp³-hybridized carbons (Fsp3) is 0.250. The summed E-state index contributed by atoms with van der Waals surface area (Å²) in [6.07, 6.45) is 0.901. The molecule has 0 saturated heterocycles. The van der Waals surface area contributed by atoms with Crippen LogP contribution in [0, 0.1) is 0 Å². The van der Waals surface area contributed by atoms with E-state index in [1.54, 1.807) is 7.11 Å². The number of rotatable bonds is 2. The molecule has 0 aliphatic carbocycles. The molecule has 2 aromatic carbocycles. The Kier molecular flexibility index (Phi) is 3.45. The quantitative estimate of drug-likeness (QED) is 0.800. The Hall–Kier alpha value is -1.51. The molecule has 0 spiro atoms. The Bertz CT molecular complexity index is 565. The summed E-state index contributed by atoms with van der Waals surface area (Å²) in [7, 11) is 1.74. The molecule has 3 rings (SSSR count). The largest absolute Gasteiger partial charge is 0.485 e. The molecule has 19 heavy (non-hydrogen) atoms. The van der Waals surface area contributed by atoms with Gasteiger partial charge < -0.3 is 9.47 Å². The molecule has 0 saturated carbocycles. The molecular formula is C16H15ClO2. The minimum absolute atomic E-state index is 0.0112. The van der Waals surface area contributed by atoms with E-state index in [4.69, 9.17) is 21.1 Å². The van der Waals surface area contributed by atoms with Crippen LogP contribution in [0.25, 0.3) is 0 Å². The normalized spacial score (nSPS) is 21.6. The van der Waals surface area contributed by atoms with Gasteiger partial charge in [0.15, 0.2) is 0 Å². The Morgan fingerprint density at radius 3 is 2.58 bits per heavy atom. The van der Waals surface area contributed by atoms with Gasteiger partial charge in [-0.2, -0.15) is 0 Å². The number of benzene rings is 2. The van der Waals surface area contributed by atoms with Gasteiger partial charge in [0, 0.05) is 24.1 Å². The van der Waals surface area contributed by atoms with E-state index in [2.05, 4.69) is 6.07 Å². The molecule has 0 N–H and O–H groups in total. The molecule has 98 valence electrons. The number of para-hydroxylation sites is 1. The molecule has 3 heteroatoms. The van der Waals surface area contributed by atoms with Crippen LogP contribution in [0.3, 0.4) is 0 Å². The molecule has 0 aromatic heterocycles. The van der Waals surface area contributed by atoms with Gasteiger partial charge in [-0.25, -0.2) is 0 Å². The molecule has 0 bridgehead atoms. The Balaban J connectivity index is 1.93. The van der Waals surface area contributed by atoms with Gasteiger partial charge in [-0.05, 0) is 23.8 Å². The SMILES string of the molecule is CO[C@H]1C[C@@H](c2ccc(Cl)cc2)Oc2ccccc21. The van der Waals surface area contributed by atoms with Crippen LogP contribution in [0.4, 0.5) is 0 Å². The lowest BCUT2D eigenvalue weighted by molar-refractivity contribution is 0.0301. The molecule has 0 radical (unpaired) electrons. The van der Waals surface area contributed by atoms with Crippen molar-refractivity contribution in [1.29, 1.82) is 0 Å². The third kappa shape index (κ3) is 2.46. The lowest BCUT2D eigenvalue weighted by atomic mass is 9.95. The zero-order valence-electron chi connectivity index (χ0n) is 10.7. The highest BCUT2D eigenvalue weighted by Crippen LogP contribution is 2.42. The van der Waals surface area contributed by atoms with E-state index >= 15 is 0 Å². The van der Waals surface area contributed by atoms with Gasteiger partial charge in [-0.1, -0.05) is 41.9 Å². The van der Waals surface area contributed by atoms with Gasteiger partial charge >= 0.3 is 0 Å². The molecule has 1 heterocycles. The highest BCUT2D eigenvalue weighted by molar-refractivity contribution is 6.30. The summed E-state index contributed by atoms with van der Waals surface area (Å²) in [4.78, 5) is 0. The van der Waals surface area contributed by atoms with Gasteiger partial charge in [0.2, 0.25) is 0 Å². The molecule has 0 amide bonds. The standard InChI is InChI=1S/C16H15ClO2/c1-18-16-10-15(11-6-8-12(17)9-7-11)19-14-5-3-2-4-13(14)16/h2-9,15-16H,10H2,1H3/t15-,16-/m0/s1. The van der Waals surface area contributed by atoms with Crippen molar-refractivity contribution in [2.45, 2.75) is 18.6 Å². The van der Waals surface area contributed by atoms with E-state index in [1.165, 1.54) is 0 Å². The first kappa shape index (κ1) is 12.5. The molecular weight excluding hydrogens is 260 g/mol. The molecule has 1 aliphatic rings. The average Bonchev–Trinajstić information content (AvgIpc) is 2.47. The summed E-state index contributed by atoms with van der Waals surface area (Å²) < 4.78 is 11.7. The number of methoxy groups -OCH3 is 1. The third-order valence-corrected chi connectivity index (χ3v) is 3.74. The van der Waals surface area contributed by atoms with Crippen molar-refractivity contribution >= 4 is 11.6 Å². The van der Waals surface area contributed by atoms with Crippen LogP contribution in [0.15, 0.2) is 48.5 Å². The van der Waals surface area contributed by atoms with Crippen molar-refractivity contribution in [2.24, 2.45) is 0 Å². The predicted molar refractivity (Wildman–Crippen MR) is 75.6 cm³/mol. The summed E-state index contributed by atoms with van der Waals surface area (Å²) in [5.41, 5.74) is 2.25. The van der Waals surface area contributed by atoms with Gasteiger partial charge in [-0.15, -0.1) is 0 Å². The summed E-state index contributed by atoms with van der Waals surface area (Å²) in [5, 5.41) is 0.739. The highest BCUT2D eigenvalue weighted by atomic mass is 35.5. The van der Waals surface area contributed by atoms with E-state index in [0.29, 0.717) is 0 Å². The molecule has 0 unspecified atom stereocenters. The Morgan fingerprint density at radius 2 is 1.84 bits per heavy atom. The number of halogens is 1. The fourth-order valence-electron chi connectivity index (χ4n) is 2.48. The first-order valence-corrected chi connectivity index (χ1v) is 6.69. The van der Waals surface area contributed by atoms with E-state index in [1.807, 2.05) is 42.5 Å². The zero-order valence-corrected chi connectivity index (χ0v) is 11.4. The predicted octanol–water partition coefficient (Wildman–Crippen LogP) is 4.55. The molecule has 2 nitrogen and oxygen atoms in total. The lowest BCUT2D eigenvalue weighted by Gasteiger charge is -2.31. The van der Waals surface area contributed by atoms with Crippen LogP contribution in [0.2, 0.25) is 5.02 Å². The third-order valence-electron chi connectivity index (χ3n) is 3.49. The van der Waals surface area contributed by atoms with Crippen molar-refractivity contribution in [3.63, 3.8) is 0 Å². The van der Waals surface area contributed by atoms with E-state index in [9.17, 15) is 0 Å². The zero-order chi connectivity index (χ0) is 13.2. The van der Waals surface area contributed by atoms with Crippen LogP contribution >= 0.6 is 11.6 Å². The fourth-order valence-corrected chi connectivity index (χ4v) is 2.61. The highest BCUT2D eigenvalue weighted by Gasteiger charge is 2.28. The second kappa shape index (κ2) is 5.24. The maximum absolute atomic E-state index is 6.07. The number of hydrogen-bond acceptors (Lipinski definition) is 2. The van der Waals surface area contributed by atoms with Crippen LogP contribution in [-0.4, -0.2) is 7.11 Å². The maximum atomic E-state index is 6.07. The van der Waals surface area contributed by atoms with E-state index < -0.39 is 0 Å². The van der Waals surface area contributed by atoms with Crippen LogP contribution in [0.1, 0.15) is 29.8 Å². The van der Waals surface area contributed by atoms with Crippen molar-refractivity contribution < 1.29 is 9.47 Å². The van der Waals surface area contributed by atoms with Crippen molar-refractivity contribution in [2.75, 3.05) is 7.11 Å². The van der Waals surface area contributed by atoms with Gasteiger partial charge in [0.05, 0.1) is 6.10 Å². The first-order chi connectivity index (χ1) is 9.28. The Labute approximate surface area is 117 Å². The van der Waals surface area contributed by atoms with E-state index in [-0.39, 0.29) is 12.2 Å². The van der Waals surface area contributed by atoms with Crippen LogP contribution < -0.4 is 4.74 Å². The second-order valence-corrected chi connectivity index (χ2v) is 5.09. The second-order valence-electron chi connectivity index (χ2n) is 4.66. The minimum atomic E-state index is 0.0112. The van der Waals surface area contributed by atoms with Crippen molar-refractivity contribution in [3.05, 3.63) is 64.7 Å². The smallest absolute Gasteiger partial charge is 0.127 e. The monoisotopic (exact) mass is 274 g/mol. The van der Waals surface area contributed by atoms with Gasteiger partial charge in [0.25, 0.3) is 0 Å². The summed E-state index contributed by atoms with van der Waals surface area (Å²) >= 11 is 5.92. The number of fused-ring (bicyclic) bond motifs is 1. The summed E-state index contributed by atoms with van der Waals surface area (Å²) in [6, 6.07) is 15.8. The minimum Gasteiger partial charge on any atom is -0.485 e. The first-order valence-electron chi connectivity index (χ1n) is 6.32. The lowest BCUT2D eigenvalue weighted by Crippen LogP contribution is -2.20. The number of hydrogen-bond donors (Lipinski definition) is 0. The number of ether oxygens (including phenoxy) is 2. The average molecular weight is 275 g/mol. The van der Waals surface area contributed by atoms with Gasteiger partial charge in [0.1, 0.15) is 11.9 Å². The van der Waals surface area contributed by atoms with Crippen LogP contribution in [0.5, 0.6) is 5.75 Å². The molecule has 2 aromatic rings. The van der Waals surface area contributed by atoms with Crippen molar-refractivity contribution in [3.8, 4) is 5.75 Å².